The van der Waals surface area contributed by atoms with Crippen LogP contribution in [0, 0.1) is 0 Å². The number of hydrogen-bond donors (Lipinski definition) is 1. The average molecular weight is 388 g/mol. The quantitative estimate of drug-likeness (QED) is 0.589. The standard InChI is InChI=1S/C18H20N4O6/c1-4-24-13-9-11(10-14(25-5-2)15(13)26-6-3)16(23)20-18-22-21-17(27-18)12-7-8-19-28-12/h7-10H,4-6H2,1-3H3,(H,20,22,23). The zero-order valence-electron chi connectivity index (χ0n) is 15.7. The molecular weight excluding hydrogens is 368 g/mol. The van der Waals surface area contributed by atoms with Crippen LogP contribution in [-0.4, -0.2) is 41.1 Å². The fraction of sp³-hybridized carbons (Fsp3) is 0.333. The summed E-state index contributed by atoms with van der Waals surface area (Å²) in [7, 11) is 0. The normalized spacial score (nSPS) is 10.5. The molecule has 1 amide bonds. The van der Waals surface area contributed by atoms with Crippen LogP contribution in [0.15, 0.2) is 33.3 Å². The molecule has 0 aliphatic carbocycles. The third kappa shape index (κ3) is 4.22. The van der Waals surface area contributed by atoms with E-state index in [0.717, 1.165) is 0 Å². The van der Waals surface area contributed by atoms with Gasteiger partial charge in [0.15, 0.2) is 11.5 Å². The number of anilines is 1. The molecule has 3 aromatic rings. The second kappa shape index (κ2) is 8.89. The predicted octanol–water partition coefficient (Wildman–Crippen LogP) is 3.17. The molecule has 0 unspecified atom stereocenters. The highest BCUT2D eigenvalue weighted by atomic mass is 16.5. The molecule has 0 atom stereocenters. The van der Waals surface area contributed by atoms with E-state index in [0.29, 0.717) is 42.8 Å². The summed E-state index contributed by atoms with van der Waals surface area (Å²) >= 11 is 0. The summed E-state index contributed by atoms with van der Waals surface area (Å²) in [5, 5.41) is 13.7. The van der Waals surface area contributed by atoms with Crippen molar-refractivity contribution in [1.29, 1.82) is 0 Å². The van der Waals surface area contributed by atoms with Gasteiger partial charge in [0.25, 0.3) is 11.8 Å². The van der Waals surface area contributed by atoms with E-state index in [2.05, 4.69) is 20.7 Å². The number of aromatic nitrogens is 3. The Balaban J connectivity index is 1.86. The second-order valence-electron chi connectivity index (χ2n) is 5.34. The van der Waals surface area contributed by atoms with Crippen molar-refractivity contribution in [1.82, 2.24) is 15.4 Å². The Bertz CT molecular complexity index is 895. The summed E-state index contributed by atoms with van der Waals surface area (Å²) < 4.78 is 27.2. The Morgan fingerprint density at radius 1 is 1.04 bits per heavy atom. The minimum absolute atomic E-state index is 0.0822. The molecule has 1 N–H and O–H groups in total. The monoisotopic (exact) mass is 388 g/mol. The van der Waals surface area contributed by atoms with Crippen LogP contribution in [0.1, 0.15) is 31.1 Å². The first-order valence-electron chi connectivity index (χ1n) is 8.78. The van der Waals surface area contributed by atoms with Crippen LogP contribution in [0.4, 0.5) is 6.01 Å². The molecule has 3 rings (SSSR count). The fourth-order valence-electron chi connectivity index (χ4n) is 2.39. The molecule has 1 aromatic carbocycles. The van der Waals surface area contributed by atoms with Gasteiger partial charge in [-0.3, -0.25) is 10.1 Å². The van der Waals surface area contributed by atoms with Crippen LogP contribution in [0.25, 0.3) is 11.7 Å². The lowest BCUT2D eigenvalue weighted by atomic mass is 10.1. The van der Waals surface area contributed by atoms with Gasteiger partial charge in [-0.1, -0.05) is 10.3 Å². The minimum atomic E-state index is -0.474. The van der Waals surface area contributed by atoms with E-state index in [4.69, 9.17) is 23.2 Å². The summed E-state index contributed by atoms with van der Waals surface area (Å²) in [6, 6.07) is 4.62. The topological polar surface area (TPSA) is 122 Å². The summed E-state index contributed by atoms with van der Waals surface area (Å²) in [6.45, 7) is 6.77. The van der Waals surface area contributed by atoms with E-state index in [1.54, 1.807) is 18.2 Å². The van der Waals surface area contributed by atoms with Crippen LogP contribution in [0.3, 0.4) is 0 Å². The highest BCUT2D eigenvalue weighted by molar-refractivity contribution is 6.04. The van der Waals surface area contributed by atoms with E-state index in [1.807, 2.05) is 20.8 Å². The SMILES string of the molecule is CCOc1cc(C(=O)Nc2nnc(-c3ccno3)o2)cc(OCC)c1OCC. The van der Waals surface area contributed by atoms with Gasteiger partial charge >= 0.3 is 6.01 Å². The fourth-order valence-corrected chi connectivity index (χ4v) is 2.39. The summed E-state index contributed by atoms with van der Waals surface area (Å²) in [5.41, 5.74) is 0.287. The predicted molar refractivity (Wildman–Crippen MR) is 97.7 cm³/mol. The molecule has 148 valence electrons. The van der Waals surface area contributed by atoms with E-state index in [9.17, 15) is 4.79 Å². The minimum Gasteiger partial charge on any atom is -0.490 e. The zero-order chi connectivity index (χ0) is 19.9. The molecule has 0 spiro atoms. The molecule has 2 heterocycles. The Hall–Kier alpha value is -3.56. The van der Waals surface area contributed by atoms with Crippen molar-refractivity contribution in [3.8, 4) is 28.9 Å². The van der Waals surface area contributed by atoms with E-state index in [1.165, 1.54) is 6.20 Å². The van der Waals surface area contributed by atoms with Gasteiger partial charge in [0, 0.05) is 11.6 Å². The molecule has 0 saturated heterocycles. The molecule has 0 bridgehead atoms. The zero-order valence-corrected chi connectivity index (χ0v) is 15.7. The summed E-state index contributed by atoms with van der Waals surface area (Å²) in [5.74, 6) is 1.20. The number of ether oxygens (including phenoxy) is 3. The number of amides is 1. The van der Waals surface area contributed by atoms with Gasteiger partial charge in [-0.2, -0.15) is 0 Å². The summed E-state index contributed by atoms with van der Waals surface area (Å²) in [4.78, 5) is 12.7. The van der Waals surface area contributed by atoms with Crippen LogP contribution in [-0.2, 0) is 0 Å². The molecule has 10 nitrogen and oxygen atoms in total. The summed E-state index contributed by atoms with van der Waals surface area (Å²) in [6.07, 6.45) is 1.45. The maximum atomic E-state index is 12.7. The lowest BCUT2D eigenvalue weighted by Gasteiger charge is -2.16. The van der Waals surface area contributed by atoms with Crippen molar-refractivity contribution in [2.24, 2.45) is 0 Å². The van der Waals surface area contributed by atoms with Gasteiger partial charge in [0.1, 0.15) is 0 Å². The van der Waals surface area contributed by atoms with Crippen molar-refractivity contribution in [2.75, 3.05) is 25.1 Å². The molecule has 28 heavy (non-hydrogen) atoms. The molecule has 0 fully saturated rings. The number of hydrogen-bond acceptors (Lipinski definition) is 9. The van der Waals surface area contributed by atoms with E-state index in [-0.39, 0.29) is 17.5 Å². The van der Waals surface area contributed by atoms with Crippen molar-refractivity contribution in [2.45, 2.75) is 20.8 Å². The lowest BCUT2D eigenvalue weighted by molar-refractivity contribution is 0.102. The first-order valence-corrected chi connectivity index (χ1v) is 8.78. The Morgan fingerprint density at radius 2 is 1.71 bits per heavy atom. The molecule has 2 aromatic heterocycles. The van der Waals surface area contributed by atoms with Gasteiger partial charge in [-0.15, -0.1) is 5.10 Å². The lowest BCUT2D eigenvalue weighted by Crippen LogP contribution is -2.13. The van der Waals surface area contributed by atoms with Crippen molar-refractivity contribution in [3.63, 3.8) is 0 Å². The van der Waals surface area contributed by atoms with Gasteiger partial charge in [0.2, 0.25) is 11.5 Å². The number of rotatable bonds is 9. The van der Waals surface area contributed by atoms with Crippen molar-refractivity contribution < 1.29 is 27.9 Å². The van der Waals surface area contributed by atoms with Gasteiger partial charge in [-0.25, -0.2) is 0 Å². The number of nitrogens with one attached hydrogen (secondary N) is 1. The van der Waals surface area contributed by atoms with Crippen LogP contribution < -0.4 is 19.5 Å². The third-order valence-electron chi connectivity index (χ3n) is 3.47. The first kappa shape index (κ1) is 19.2. The first-order chi connectivity index (χ1) is 13.7. The maximum absolute atomic E-state index is 12.7. The van der Waals surface area contributed by atoms with E-state index < -0.39 is 5.91 Å². The highest BCUT2D eigenvalue weighted by Gasteiger charge is 2.20. The van der Waals surface area contributed by atoms with E-state index >= 15 is 0 Å². The molecule has 0 aliphatic heterocycles. The van der Waals surface area contributed by atoms with Crippen molar-refractivity contribution in [3.05, 3.63) is 30.0 Å². The Morgan fingerprint density at radius 3 is 2.29 bits per heavy atom. The maximum Gasteiger partial charge on any atom is 0.322 e. The number of benzene rings is 1. The number of nitrogens with zero attached hydrogens (tertiary/aromatic N) is 3. The highest BCUT2D eigenvalue weighted by Crippen LogP contribution is 2.39. The largest absolute Gasteiger partial charge is 0.490 e. The van der Waals surface area contributed by atoms with Gasteiger partial charge < -0.3 is 23.2 Å². The Labute approximate surface area is 160 Å². The van der Waals surface area contributed by atoms with Crippen LogP contribution in [0.5, 0.6) is 17.2 Å². The third-order valence-corrected chi connectivity index (χ3v) is 3.47. The molecule has 0 saturated carbocycles. The second-order valence-corrected chi connectivity index (χ2v) is 5.34. The van der Waals surface area contributed by atoms with Gasteiger partial charge in [0.05, 0.1) is 26.0 Å². The molecule has 0 aliphatic rings. The molecule has 0 radical (unpaired) electrons. The smallest absolute Gasteiger partial charge is 0.322 e. The van der Waals surface area contributed by atoms with Gasteiger partial charge in [-0.05, 0) is 32.9 Å². The van der Waals surface area contributed by atoms with Crippen LogP contribution >= 0.6 is 0 Å². The number of carbonyl (C=O) groups is 1. The molecule has 10 heteroatoms. The Kier molecular flexibility index (Phi) is 6.10. The number of carbonyl (C=O) groups excluding carboxylic acids is 1. The van der Waals surface area contributed by atoms with Crippen LogP contribution in [0.2, 0.25) is 0 Å². The average Bonchev–Trinajstić information content (AvgIpc) is 3.36. The van der Waals surface area contributed by atoms with Crippen molar-refractivity contribution >= 4 is 11.9 Å². The molecular formula is C18H20N4O6.